The molecule has 0 bridgehead atoms. The first kappa shape index (κ1) is 31.6. The van der Waals surface area contributed by atoms with E-state index in [1.54, 1.807) is 42.5 Å². The largest absolute Gasteiger partial charge is 0.419 e. The zero-order chi connectivity index (χ0) is 32.2. The Morgan fingerprint density at radius 2 is 1.93 bits per heavy atom. The van der Waals surface area contributed by atoms with E-state index in [2.05, 4.69) is 35.9 Å². The second-order valence-electron chi connectivity index (χ2n) is 11.7. The molecule has 1 aliphatic rings. The van der Waals surface area contributed by atoms with Crippen LogP contribution >= 0.6 is 0 Å². The highest BCUT2D eigenvalue weighted by atomic mass is 19.4. The molecule has 3 aromatic heterocycles. The second-order valence-corrected chi connectivity index (χ2v) is 11.7. The Hall–Kier alpha value is -4.78. The number of carbonyl (C=O) groups excluding carboxylic acids is 2. The molecule has 1 aliphatic carbocycles. The molecular weight excluding hydrogens is 585 g/mol. The molecule has 1 saturated carbocycles. The van der Waals surface area contributed by atoms with E-state index in [1.807, 2.05) is 25.9 Å². The highest BCUT2D eigenvalue weighted by molar-refractivity contribution is 5.99. The van der Waals surface area contributed by atoms with Gasteiger partial charge in [-0.15, -0.1) is 0 Å². The molecule has 0 radical (unpaired) electrons. The molecule has 0 aliphatic heterocycles. The van der Waals surface area contributed by atoms with E-state index in [4.69, 9.17) is 0 Å². The Balaban J connectivity index is 1.25. The van der Waals surface area contributed by atoms with E-state index in [0.717, 1.165) is 19.0 Å². The predicted octanol–water partition coefficient (Wildman–Crippen LogP) is 5.64. The maximum atomic E-state index is 14.0. The fraction of sp³-hybridized carbons (Fsp3) is 0.344. The van der Waals surface area contributed by atoms with E-state index < -0.39 is 17.3 Å². The van der Waals surface area contributed by atoms with Crippen LogP contribution in [0.3, 0.4) is 0 Å². The number of halogens is 3. The van der Waals surface area contributed by atoms with Gasteiger partial charge in [0.25, 0.3) is 5.91 Å². The first-order valence-corrected chi connectivity index (χ1v) is 14.6. The third-order valence-electron chi connectivity index (χ3n) is 7.67. The summed E-state index contributed by atoms with van der Waals surface area (Å²) < 4.78 is 41.9. The molecule has 5 rings (SSSR count). The minimum atomic E-state index is -4.64. The number of anilines is 2. The lowest BCUT2D eigenvalue weighted by molar-refractivity contribution is -0.137. The predicted molar refractivity (Wildman–Crippen MR) is 167 cm³/mol. The van der Waals surface area contributed by atoms with Crippen LogP contribution in [0.5, 0.6) is 0 Å². The minimum absolute atomic E-state index is 0.0831. The van der Waals surface area contributed by atoms with Crippen LogP contribution in [0.2, 0.25) is 0 Å². The monoisotopic (exact) mass is 620 g/mol. The number of hydrogen-bond acceptors (Lipinski definition) is 7. The molecule has 1 aromatic carbocycles. The van der Waals surface area contributed by atoms with Crippen molar-refractivity contribution in [1.29, 1.82) is 0 Å². The van der Waals surface area contributed by atoms with Gasteiger partial charge in [0.2, 0.25) is 11.9 Å². The van der Waals surface area contributed by atoms with E-state index in [1.165, 1.54) is 18.5 Å². The van der Waals surface area contributed by atoms with E-state index >= 15 is 0 Å². The molecule has 2 amide bonds. The van der Waals surface area contributed by atoms with Crippen molar-refractivity contribution in [2.75, 3.05) is 31.3 Å². The summed E-state index contributed by atoms with van der Waals surface area (Å²) in [5, 5.41) is 9.62. The molecule has 1 fully saturated rings. The first-order chi connectivity index (χ1) is 21.4. The smallest absolute Gasteiger partial charge is 0.360 e. The number of likely N-dealkylation sites (N-methyl/N-ethyl adjacent to an activating group) is 1. The van der Waals surface area contributed by atoms with Gasteiger partial charge in [0.05, 0.1) is 17.6 Å². The topological polar surface area (TPSA) is 128 Å². The fourth-order valence-electron chi connectivity index (χ4n) is 5.53. The third kappa shape index (κ3) is 7.85. The quantitative estimate of drug-likeness (QED) is 0.178. The van der Waals surface area contributed by atoms with Crippen LogP contribution in [0.15, 0.2) is 67.1 Å². The number of nitrogens with one attached hydrogen (secondary N) is 4. The van der Waals surface area contributed by atoms with Crippen LogP contribution < -0.4 is 16.0 Å². The van der Waals surface area contributed by atoms with Gasteiger partial charge in [-0.3, -0.25) is 9.59 Å². The lowest BCUT2D eigenvalue weighted by Crippen LogP contribution is -2.51. The number of aromatic nitrogens is 4. The molecule has 4 aromatic rings. The third-order valence-corrected chi connectivity index (χ3v) is 7.67. The molecule has 3 heterocycles. The summed E-state index contributed by atoms with van der Waals surface area (Å²) in [7, 11) is 3.80. The van der Waals surface area contributed by atoms with Gasteiger partial charge in [-0.25, -0.2) is 15.0 Å². The van der Waals surface area contributed by atoms with Gasteiger partial charge >= 0.3 is 6.18 Å². The number of amides is 2. The van der Waals surface area contributed by atoms with Crippen molar-refractivity contribution in [3.05, 3.63) is 78.4 Å². The number of hydrogen-bond donors (Lipinski definition) is 4. The van der Waals surface area contributed by atoms with Crippen molar-refractivity contribution in [3.8, 4) is 11.3 Å². The maximum Gasteiger partial charge on any atom is 0.419 e. The lowest BCUT2D eigenvalue weighted by atomic mass is 9.80. The summed E-state index contributed by atoms with van der Waals surface area (Å²) in [6.45, 7) is 2.56. The molecule has 0 spiro atoms. The number of rotatable bonds is 9. The summed E-state index contributed by atoms with van der Waals surface area (Å²) in [5.41, 5.74) is -0.0384. The highest BCUT2D eigenvalue weighted by Crippen LogP contribution is 2.39. The Kier molecular flexibility index (Phi) is 9.19. The number of carbonyl (C=O) groups is 2. The van der Waals surface area contributed by atoms with Crippen molar-refractivity contribution in [1.82, 2.24) is 30.2 Å². The Morgan fingerprint density at radius 3 is 2.67 bits per heavy atom. The van der Waals surface area contributed by atoms with Crippen LogP contribution in [0.4, 0.5) is 24.8 Å². The summed E-state index contributed by atoms with van der Waals surface area (Å²) in [6, 6.07) is 10.1. The number of para-hydroxylation sites is 1. The number of pyridine rings is 1. The average molecular weight is 621 g/mol. The molecule has 45 heavy (non-hydrogen) atoms. The van der Waals surface area contributed by atoms with Crippen LogP contribution in [-0.2, 0) is 11.0 Å². The Labute approximate surface area is 258 Å². The molecule has 13 heteroatoms. The molecule has 2 atom stereocenters. The molecule has 236 valence electrons. The summed E-state index contributed by atoms with van der Waals surface area (Å²) in [6.07, 6.45) is 5.01. The highest BCUT2D eigenvalue weighted by Gasteiger charge is 2.37. The lowest BCUT2D eigenvalue weighted by Gasteiger charge is -2.39. The number of fused-ring (bicyclic) bond motifs is 1. The average Bonchev–Trinajstić information content (AvgIpc) is 3.41. The van der Waals surface area contributed by atoms with Gasteiger partial charge in [0.15, 0.2) is 0 Å². The van der Waals surface area contributed by atoms with Crippen LogP contribution in [0.1, 0.15) is 48.7 Å². The normalized spacial score (nSPS) is 18.8. The standard InChI is InChI=1S/C32H35F3N8O2/c1-31(42-29(45)26-13-12-21(17-36-26)39-27(44)11-7-15-43(2)3)14-6-8-20(16-31)40-30-38-19-24(32(33,34)35)28(41-30)23-18-37-25-10-5-4-9-22(23)25/h4-5,7,9-13,17-20,37H,6,8,14-16H2,1-3H3,(H,39,44)(H,42,45)(H,38,40,41). The van der Waals surface area contributed by atoms with Crippen molar-refractivity contribution in [3.63, 3.8) is 0 Å². The van der Waals surface area contributed by atoms with E-state index in [-0.39, 0.29) is 35.2 Å². The van der Waals surface area contributed by atoms with Crippen LogP contribution in [-0.4, -0.2) is 68.9 Å². The van der Waals surface area contributed by atoms with Gasteiger partial charge < -0.3 is 25.8 Å². The van der Waals surface area contributed by atoms with Gasteiger partial charge in [0, 0.05) is 53.1 Å². The second kappa shape index (κ2) is 13.1. The zero-order valence-corrected chi connectivity index (χ0v) is 25.2. The van der Waals surface area contributed by atoms with Crippen molar-refractivity contribution >= 4 is 34.4 Å². The SMILES string of the molecule is CN(C)CC=CC(=O)Nc1ccc(C(=O)NC2(C)CCCC(Nc3ncc(C(F)(F)F)c(-c4c[nH]c5ccccc45)n3)C2)nc1. The molecule has 4 N–H and O–H groups in total. The first-order valence-electron chi connectivity index (χ1n) is 14.6. The Bertz CT molecular complexity index is 1700. The molecular formula is C32H35F3N8O2. The zero-order valence-electron chi connectivity index (χ0n) is 25.2. The van der Waals surface area contributed by atoms with Gasteiger partial charge in [-0.2, -0.15) is 13.2 Å². The number of alkyl halides is 3. The Morgan fingerprint density at radius 1 is 1.13 bits per heavy atom. The number of H-pyrrole nitrogens is 1. The fourth-order valence-corrected chi connectivity index (χ4v) is 5.53. The van der Waals surface area contributed by atoms with Gasteiger partial charge in [-0.05, 0) is 64.9 Å². The van der Waals surface area contributed by atoms with Gasteiger partial charge in [-0.1, -0.05) is 24.3 Å². The summed E-state index contributed by atoms with van der Waals surface area (Å²) in [5.74, 6) is -0.580. The van der Waals surface area contributed by atoms with E-state index in [9.17, 15) is 22.8 Å². The number of aromatic amines is 1. The number of benzene rings is 1. The minimum Gasteiger partial charge on any atom is -0.360 e. The van der Waals surface area contributed by atoms with Crippen LogP contribution in [0, 0.1) is 0 Å². The van der Waals surface area contributed by atoms with Crippen molar-refractivity contribution in [2.24, 2.45) is 0 Å². The van der Waals surface area contributed by atoms with E-state index in [0.29, 0.717) is 41.5 Å². The molecule has 0 saturated heterocycles. The number of nitrogens with zero attached hydrogens (tertiary/aromatic N) is 4. The molecule has 2 unspecified atom stereocenters. The van der Waals surface area contributed by atoms with Gasteiger partial charge in [0.1, 0.15) is 11.3 Å². The summed E-state index contributed by atoms with van der Waals surface area (Å²) in [4.78, 5) is 42.7. The van der Waals surface area contributed by atoms with Crippen molar-refractivity contribution < 1.29 is 22.8 Å². The van der Waals surface area contributed by atoms with Crippen LogP contribution in [0.25, 0.3) is 22.2 Å². The summed E-state index contributed by atoms with van der Waals surface area (Å²) >= 11 is 0. The van der Waals surface area contributed by atoms with Crippen molar-refractivity contribution in [2.45, 2.75) is 50.4 Å². The molecule has 10 nitrogen and oxygen atoms in total. The maximum absolute atomic E-state index is 14.0.